The molecule has 0 aromatic heterocycles. The van der Waals surface area contributed by atoms with E-state index in [0.717, 1.165) is 26.2 Å². The molecule has 0 aromatic carbocycles. The lowest BCUT2D eigenvalue weighted by atomic mass is 10.4. The Bertz CT molecular complexity index is 180. The van der Waals surface area contributed by atoms with Crippen molar-refractivity contribution >= 4 is 28.8 Å². The zero-order valence-electron chi connectivity index (χ0n) is 6.68. The molecule has 1 aliphatic rings. The van der Waals surface area contributed by atoms with Crippen LogP contribution in [0.4, 0.5) is 0 Å². The first-order valence-electron chi connectivity index (χ1n) is 3.71. The fourth-order valence-electron chi connectivity index (χ4n) is 1.15. The van der Waals surface area contributed by atoms with Crippen LogP contribution in [0.15, 0.2) is 0 Å². The molecule has 1 fully saturated rings. The van der Waals surface area contributed by atoms with Crippen LogP contribution in [0.5, 0.6) is 0 Å². The highest BCUT2D eigenvalue weighted by Gasteiger charge is 2.15. The normalized spacial score (nSPS) is 22.2. The summed E-state index contributed by atoms with van der Waals surface area (Å²) in [5.41, 5.74) is 1.65. The minimum Gasteiger partial charge on any atom is -0.366 e. The third-order valence-electron chi connectivity index (χ3n) is 1.85. The molecule has 0 radical (unpaired) electrons. The van der Waals surface area contributed by atoms with Crippen molar-refractivity contribution in [2.75, 3.05) is 32.1 Å². The summed E-state index contributed by atoms with van der Waals surface area (Å²) >= 11 is 3.07. The average Bonchev–Trinajstić information content (AvgIpc) is 2.05. The molecule has 0 bridgehead atoms. The summed E-state index contributed by atoms with van der Waals surface area (Å²) in [4.78, 5) is 4.00. The van der Waals surface area contributed by atoms with Crippen molar-refractivity contribution in [3.63, 3.8) is 0 Å². The molecule has 1 N–H and O–H groups in total. The molecule has 0 aliphatic carbocycles. The minimum atomic E-state index is -1.71. The molecule has 0 amide bonds. The maximum Gasteiger partial charge on any atom is 0.167 e. The molecule has 12 heavy (non-hydrogen) atoms. The smallest absolute Gasteiger partial charge is 0.167 e. The number of hydrogen-bond donors (Lipinski definition) is 1. The van der Waals surface area contributed by atoms with Gasteiger partial charge in [-0.1, -0.05) is 12.2 Å². The van der Waals surface area contributed by atoms with Gasteiger partial charge in [0.05, 0.1) is 5.49 Å². The van der Waals surface area contributed by atoms with Crippen LogP contribution in [-0.4, -0.2) is 56.1 Å². The van der Waals surface area contributed by atoms with Crippen LogP contribution in [0.1, 0.15) is 0 Å². The van der Waals surface area contributed by atoms with Crippen molar-refractivity contribution < 1.29 is 8.76 Å². The summed E-state index contributed by atoms with van der Waals surface area (Å²) in [6.45, 7) is 3.36. The van der Waals surface area contributed by atoms with Crippen LogP contribution in [-0.2, 0) is 11.1 Å². The monoisotopic (exact) mass is 208 g/mol. The van der Waals surface area contributed by atoms with Gasteiger partial charge in [-0.2, -0.15) is 0 Å². The van der Waals surface area contributed by atoms with E-state index in [9.17, 15) is 4.21 Å². The fraction of sp³-hybridized carbons (Fsp3) is 0.833. The first-order valence-corrected chi connectivity index (χ1v) is 5.46. The second-order valence-corrected chi connectivity index (χ2v) is 3.82. The van der Waals surface area contributed by atoms with Gasteiger partial charge in [0.1, 0.15) is 5.88 Å². The predicted molar refractivity (Wildman–Crippen MR) is 52.4 cm³/mol. The molecule has 0 spiro atoms. The van der Waals surface area contributed by atoms with Crippen molar-refractivity contribution in [1.82, 2.24) is 9.80 Å². The van der Waals surface area contributed by atoms with Gasteiger partial charge in [-0.15, -0.1) is 0 Å². The highest BCUT2D eigenvalue weighted by atomic mass is 32.2. The van der Waals surface area contributed by atoms with Gasteiger partial charge in [0, 0.05) is 26.2 Å². The van der Waals surface area contributed by atoms with Gasteiger partial charge in [0.25, 0.3) is 0 Å². The van der Waals surface area contributed by atoms with Crippen molar-refractivity contribution in [2.45, 2.75) is 0 Å². The maximum absolute atomic E-state index is 10.4. The molecular weight excluding hydrogens is 196 g/mol. The molecule has 4 nitrogen and oxygen atoms in total. The molecule has 70 valence electrons. The Labute approximate surface area is 79.8 Å². The highest BCUT2D eigenvalue weighted by Crippen LogP contribution is 1.99. The van der Waals surface area contributed by atoms with Crippen LogP contribution in [0.25, 0.3) is 0 Å². The molecule has 1 heterocycles. The van der Waals surface area contributed by atoms with Crippen molar-refractivity contribution in [1.29, 1.82) is 0 Å². The number of rotatable bonds is 3. The maximum atomic E-state index is 10.4. The quantitative estimate of drug-likeness (QED) is 0.511. The van der Waals surface area contributed by atoms with Crippen molar-refractivity contribution in [3.8, 4) is 0 Å². The molecule has 1 rings (SSSR count). The average molecular weight is 208 g/mol. The SMILES string of the molecule is O=S(O)CN1CCN(C=S)CC1. The first-order chi connectivity index (χ1) is 5.72. The molecule has 1 atom stereocenters. The number of nitrogens with zero attached hydrogens (tertiary/aromatic N) is 2. The highest BCUT2D eigenvalue weighted by molar-refractivity contribution is 7.79. The number of hydrogen-bond acceptors (Lipinski definition) is 3. The van der Waals surface area contributed by atoms with E-state index in [1.54, 1.807) is 5.49 Å². The van der Waals surface area contributed by atoms with Crippen LogP contribution in [0.2, 0.25) is 0 Å². The molecule has 1 unspecified atom stereocenters. The van der Waals surface area contributed by atoms with E-state index in [1.165, 1.54) is 0 Å². The molecule has 1 aliphatic heterocycles. The van der Waals surface area contributed by atoms with Crippen LogP contribution in [0.3, 0.4) is 0 Å². The molecular formula is C6H12N2O2S2. The second kappa shape index (κ2) is 4.86. The summed E-state index contributed by atoms with van der Waals surface area (Å²) in [6.07, 6.45) is 0. The summed E-state index contributed by atoms with van der Waals surface area (Å²) in [7, 11) is 0. The zero-order chi connectivity index (χ0) is 8.97. The molecule has 0 saturated carbocycles. The van der Waals surface area contributed by atoms with E-state index < -0.39 is 11.1 Å². The predicted octanol–water partition coefficient (Wildman–Crippen LogP) is -0.260. The Hall–Kier alpha value is -0.0400. The van der Waals surface area contributed by atoms with Gasteiger partial charge in [0.2, 0.25) is 0 Å². The standard InChI is InChI=1S/C6H12N2O2S2/c9-12(10)6-8-3-1-7(5-11)2-4-8/h5H,1-4,6H2,(H,9,10). The van der Waals surface area contributed by atoms with Crippen LogP contribution in [0, 0.1) is 0 Å². The van der Waals surface area contributed by atoms with Gasteiger partial charge in [-0.25, -0.2) is 4.21 Å². The lowest BCUT2D eigenvalue weighted by molar-refractivity contribution is 0.209. The Morgan fingerprint density at radius 1 is 1.42 bits per heavy atom. The molecule has 6 heteroatoms. The van der Waals surface area contributed by atoms with E-state index in [0.29, 0.717) is 0 Å². The van der Waals surface area contributed by atoms with Crippen LogP contribution >= 0.6 is 12.2 Å². The van der Waals surface area contributed by atoms with E-state index in [-0.39, 0.29) is 5.88 Å². The number of thiocarbonyl (C=S) groups is 1. The van der Waals surface area contributed by atoms with E-state index >= 15 is 0 Å². The van der Waals surface area contributed by atoms with Gasteiger partial charge in [-0.05, 0) is 0 Å². The minimum absolute atomic E-state index is 0.255. The summed E-state index contributed by atoms with van der Waals surface area (Å²) in [6, 6.07) is 0. The van der Waals surface area contributed by atoms with Gasteiger partial charge in [0.15, 0.2) is 11.1 Å². The second-order valence-electron chi connectivity index (χ2n) is 2.71. The van der Waals surface area contributed by atoms with Gasteiger partial charge in [-0.3, -0.25) is 4.90 Å². The third-order valence-corrected chi connectivity index (χ3v) is 2.73. The molecule has 0 aromatic rings. The number of piperazine rings is 1. The molecule has 1 saturated heterocycles. The summed E-state index contributed by atoms with van der Waals surface area (Å²) < 4.78 is 19.1. The topological polar surface area (TPSA) is 43.8 Å². The van der Waals surface area contributed by atoms with Crippen molar-refractivity contribution in [2.24, 2.45) is 0 Å². The van der Waals surface area contributed by atoms with E-state index in [4.69, 9.17) is 16.8 Å². The zero-order valence-corrected chi connectivity index (χ0v) is 8.31. The lowest BCUT2D eigenvalue weighted by Gasteiger charge is -2.32. The van der Waals surface area contributed by atoms with Crippen LogP contribution < -0.4 is 0 Å². The largest absolute Gasteiger partial charge is 0.366 e. The lowest BCUT2D eigenvalue weighted by Crippen LogP contribution is -2.46. The van der Waals surface area contributed by atoms with Gasteiger partial charge >= 0.3 is 0 Å². The first kappa shape index (κ1) is 10.0. The Balaban J connectivity index is 2.26. The Morgan fingerprint density at radius 3 is 2.42 bits per heavy atom. The van der Waals surface area contributed by atoms with E-state index in [1.807, 2.05) is 9.80 Å². The Kier molecular flexibility index (Phi) is 4.07. The third kappa shape index (κ3) is 3.14. The fourth-order valence-corrected chi connectivity index (χ4v) is 1.94. The van der Waals surface area contributed by atoms with Crippen molar-refractivity contribution in [3.05, 3.63) is 0 Å². The van der Waals surface area contributed by atoms with E-state index in [2.05, 4.69) is 0 Å². The van der Waals surface area contributed by atoms with Gasteiger partial charge < -0.3 is 9.45 Å². The summed E-state index contributed by atoms with van der Waals surface area (Å²) in [5, 5.41) is 0. The Morgan fingerprint density at radius 2 is 2.00 bits per heavy atom. The summed E-state index contributed by atoms with van der Waals surface area (Å²) in [5.74, 6) is 0.255.